The lowest BCUT2D eigenvalue weighted by atomic mass is 9.81. The van der Waals surface area contributed by atoms with E-state index in [-0.39, 0.29) is 17.4 Å². The molecule has 3 N–H and O–H groups in total. The van der Waals surface area contributed by atoms with Crippen molar-refractivity contribution in [2.24, 2.45) is 5.41 Å². The van der Waals surface area contributed by atoms with Gasteiger partial charge in [0.05, 0.1) is 6.04 Å². The molecule has 0 radical (unpaired) electrons. The highest BCUT2D eigenvalue weighted by Gasteiger charge is 2.40. The number of carbonyl (C=O) groups excluding carboxylic acids is 1. The third kappa shape index (κ3) is 2.66. The molecule has 1 amide bonds. The first kappa shape index (κ1) is 14.4. The second-order valence-corrected chi connectivity index (χ2v) is 6.72. The van der Waals surface area contributed by atoms with Gasteiger partial charge in [0.15, 0.2) is 0 Å². The van der Waals surface area contributed by atoms with E-state index in [0.29, 0.717) is 0 Å². The summed E-state index contributed by atoms with van der Waals surface area (Å²) in [5.74, 6) is 0.275. The van der Waals surface area contributed by atoms with Gasteiger partial charge in [-0.2, -0.15) is 0 Å². The molecular weight excluding hydrogens is 260 g/mol. The highest BCUT2D eigenvalue weighted by molar-refractivity contribution is 5.83. The molecule has 0 aliphatic heterocycles. The number of hydrogen-bond acceptors (Lipinski definition) is 2. The van der Waals surface area contributed by atoms with Gasteiger partial charge >= 0.3 is 0 Å². The molecule has 1 saturated carbocycles. The van der Waals surface area contributed by atoms with Crippen molar-refractivity contribution in [1.82, 2.24) is 5.32 Å². The van der Waals surface area contributed by atoms with Crippen molar-refractivity contribution < 1.29 is 4.79 Å². The van der Waals surface area contributed by atoms with E-state index in [4.69, 9.17) is 5.73 Å². The number of nitrogen functional groups attached to an aromatic ring is 1. The molecule has 3 rings (SSSR count). The number of benzene rings is 1. The average Bonchev–Trinajstić information content (AvgIpc) is 2.97. The highest BCUT2D eigenvalue weighted by Crippen LogP contribution is 2.42. The lowest BCUT2D eigenvalue weighted by Gasteiger charge is -2.32. The first-order valence-corrected chi connectivity index (χ1v) is 8.34. The fourth-order valence-electron chi connectivity index (χ4n) is 4.09. The van der Waals surface area contributed by atoms with Gasteiger partial charge in [-0.3, -0.25) is 4.79 Å². The van der Waals surface area contributed by atoms with E-state index in [1.807, 2.05) is 6.07 Å². The van der Waals surface area contributed by atoms with Crippen LogP contribution in [0.3, 0.4) is 0 Å². The Labute approximate surface area is 127 Å². The number of carbonyl (C=O) groups is 1. The Bertz CT molecular complexity index is 532. The van der Waals surface area contributed by atoms with Crippen LogP contribution in [0.2, 0.25) is 0 Å². The molecule has 2 aliphatic rings. The van der Waals surface area contributed by atoms with E-state index >= 15 is 0 Å². The molecular formula is C18H26N2O. The summed E-state index contributed by atoms with van der Waals surface area (Å²) in [7, 11) is 0. The quantitative estimate of drug-likeness (QED) is 0.832. The third-order valence-corrected chi connectivity index (χ3v) is 5.51. The molecule has 1 atom stereocenters. The van der Waals surface area contributed by atoms with Crippen molar-refractivity contribution in [2.45, 2.75) is 64.3 Å². The van der Waals surface area contributed by atoms with Crippen molar-refractivity contribution in [2.75, 3.05) is 5.73 Å². The van der Waals surface area contributed by atoms with E-state index in [9.17, 15) is 4.79 Å². The maximum absolute atomic E-state index is 12.8. The largest absolute Gasteiger partial charge is 0.399 e. The topological polar surface area (TPSA) is 55.1 Å². The Morgan fingerprint density at radius 3 is 2.81 bits per heavy atom. The Morgan fingerprint density at radius 1 is 1.33 bits per heavy atom. The van der Waals surface area contributed by atoms with E-state index in [1.165, 1.54) is 24.0 Å². The first-order valence-electron chi connectivity index (χ1n) is 8.34. The molecule has 21 heavy (non-hydrogen) atoms. The monoisotopic (exact) mass is 286 g/mol. The molecule has 0 spiro atoms. The van der Waals surface area contributed by atoms with Gasteiger partial charge < -0.3 is 11.1 Å². The molecule has 1 unspecified atom stereocenters. The van der Waals surface area contributed by atoms with Crippen molar-refractivity contribution in [3.05, 3.63) is 29.3 Å². The summed E-state index contributed by atoms with van der Waals surface area (Å²) in [6.45, 7) is 2.15. The Morgan fingerprint density at radius 2 is 2.10 bits per heavy atom. The molecule has 3 heteroatoms. The Kier molecular flexibility index (Phi) is 3.92. The summed E-state index contributed by atoms with van der Waals surface area (Å²) in [5.41, 5.74) is 9.18. The lowest BCUT2D eigenvalue weighted by molar-refractivity contribution is -0.132. The molecule has 1 aromatic carbocycles. The zero-order valence-electron chi connectivity index (χ0n) is 13.0. The van der Waals surface area contributed by atoms with Gasteiger partial charge in [0, 0.05) is 11.1 Å². The minimum Gasteiger partial charge on any atom is -0.399 e. The smallest absolute Gasteiger partial charge is 0.226 e. The summed E-state index contributed by atoms with van der Waals surface area (Å²) >= 11 is 0. The molecule has 0 aromatic heterocycles. The van der Waals surface area contributed by atoms with Gasteiger partial charge in [0.25, 0.3) is 0 Å². The van der Waals surface area contributed by atoms with Crippen molar-refractivity contribution in [3.63, 3.8) is 0 Å². The first-order chi connectivity index (χ1) is 10.1. The number of nitrogens with one attached hydrogen (secondary N) is 1. The fourth-order valence-corrected chi connectivity index (χ4v) is 4.09. The summed E-state index contributed by atoms with van der Waals surface area (Å²) in [4.78, 5) is 12.8. The van der Waals surface area contributed by atoms with Crippen LogP contribution in [-0.2, 0) is 11.2 Å². The van der Waals surface area contributed by atoms with Crippen molar-refractivity contribution >= 4 is 11.6 Å². The molecule has 2 aliphatic carbocycles. The Hall–Kier alpha value is -1.51. The van der Waals surface area contributed by atoms with E-state index in [2.05, 4.69) is 24.4 Å². The number of amides is 1. The predicted molar refractivity (Wildman–Crippen MR) is 85.9 cm³/mol. The standard InChI is InChI=1S/C18H26N2O/c1-2-18(10-3-4-11-18)17(21)20-16-7-5-6-13-12-14(19)8-9-15(13)16/h8-9,12,16H,2-7,10-11,19H2,1H3,(H,20,21). The third-order valence-electron chi connectivity index (χ3n) is 5.51. The number of nitrogens with two attached hydrogens (primary N) is 1. The van der Waals surface area contributed by atoms with Gasteiger partial charge in [-0.05, 0) is 61.8 Å². The normalized spacial score (nSPS) is 23.6. The van der Waals surface area contributed by atoms with Gasteiger partial charge in [0.2, 0.25) is 5.91 Å². The second kappa shape index (κ2) is 5.70. The van der Waals surface area contributed by atoms with Gasteiger partial charge in [-0.1, -0.05) is 25.8 Å². The van der Waals surface area contributed by atoms with Crippen LogP contribution in [0, 0.1) is 5.41 Å². The maximum atomic E-state index is 12.8. The Balaban J connectivity index is 1.79. The number of anilines is 1. The second-order valence-electron chi connectivity index (χ2n) is 6.72. The number of fused-ring (bicyclic) bond motifs is 1. The van der Waals surface area contributed by atoms with Crippen LogP contribution >= 0.6 is 0 Å². The average molecular weight is 286 g/mol. The number of aryl methyl sites for hydroxylation is 1. The highest BCUT2D eigenvalue weighted by atomic mass is 16.2. The van der Waals surface area contributed by atoms with Crippen molar-refractivity contribution in [3.8, 4) is 0 Å². The number of rotatable bonds is 3. The minimum absolute atomic E-state index is 0.106. The molecule has 0 bridgehead atoms. The molecule has 1 aromatic rings. The lowest BCUT2D eigenvalue weighted by Crippen LogP contribution is -2.41. The summed E-state index contributed by atoms with van der Waals surface area (Å²) < 4.78 is 0. The van der Waals surface area contributed by atoms with Crippen LogP contribution in [0.25, 0.3) is 0 Å². The summed E-state index contributed by atoms with van der Waals surface area (Å²) in [5, 5.41) is 3.35. The van der Waals surface area contributed by atoms with Crippen LogP contribution in [0.1, 0.15) is 69.0 Å². The van der Waals surface area contributed by atoms with E-state index in [0.717, 1.165) is 44.2 Å². The zero-order chi connectivity index (χ0) is 14.9. The molecule has 0 saturated heterocycles. The molecule has 1 fully saturated rings. The van der Waals surface area contributed by atoms with Crippen LogP contribution in [0.4, 0.5) is 5.69 Å². The number of hydrogen-bond donors (Lipinski definition) is 2. The minimum atomic E-state index is -0.106. The molecule has 114 valence electrons. The van der Waals surface area contributed by atoms with E-state index in [1.54, 1.807) is 0 Å². The molecule has 3 nitrogen and oxygen atoms in total. The van der Waals surface area contributed by atoms with Gasteiger partial charge in [0.1, 0.15) is 0 Å². The maximum Gasteiger partial charge on any atom is 0.226 e. The SMILES string of the molecule is CCC1(C(=O)NC2CCCc3cc(N)ccc32)CCCC1. The van der Waals surface area contributed by atoms with Crippen LogP contribution in [0.5, 0.6) is 0 Å². The van der Waals surface area contributed by atoms with Crippen LogP contribution in [0.15, 0.2) is 18.2 Å². The van der Waals surface area contributed by atoms with Gasteiger partial charge in [-0.25, -0.2) is 0 Å². The van der Waals surface area contributed by atoms with Crippen LogP contribution < -0.4 is 11.1 Å². The molecule has 0 heterocycles. The summed E-state index contributed by atoms with van der Waals surface area (Å²) in [6, 6.07) is 6.29. The summed E-state index contributed by atoms with van der Waals surface area (Å²) in [6.07, 6.45) is 8.69. The van der Waals surface area contributed by atoms with Gasteiger partial charge in [-0.15, -0.1) is 0 Å². The predicted octanol–water partition coefficient (Wildman–Crippen LogP) is 3.73. The van der Waals surface area contributed by atoms with E-state index < -0.39 is 0 Å². The van der Waals surface area contributed by atoms with Crippen LogP contribution in [-0.4, -0.2) is 5.91 Å². The fraction of sp³-hybridized carbons (Fsp3) is 0.611. The zero-order valence-corrected chi connectivity index (χ0v) is 13.0. The van der Waals surface area contributed by atoms with Crippen molar-refractivity contribution in [1.29, 1.82) is 0 Å².